The van der Waals surface area contributed by atoms with Gasteiger partial charge in [0, 0.05) is 17.8 Å². The van der Waals surface area contributed by atoms with Crippen molar-refractivity contribution in [2.45, 2.75) is 25.6 Å². The molecule has 0 aliphatic carbocycles. The summed E-state index contributed by atoms with van der Waals surface area (Å²) in [5.41, 5.74) is 3.00. The summed E-state index contributed by atoms with van der Waals surface area (Å²) in [5, 5.41) is 3.56. The first kappa shape index (κ1) is 27.7. The molecule has 1 atom stereocenters. The lowest BCUT2D eigenvalue weighted by Gasteiger charge is -2.32. The van der Waals surface area contributed by atoms with E-state index in [0.717, 1.165) is 16.8 Å². The monoisotopic (exact) mass is 543 g/mol. The van der Waals surface area contributed by atoms with Gasteiger partial charge in [-0.15, -0.1) is 0 Å². The van der Waals surface area contributed by atoms with Crippen molar-refractivity contribution in [3.8, 4) is 11.5 Å². The highest BCUT2D eigenvalue weighted by Crippen LogP contribution is 2.29. The van der Waals surface area contributed by atoms with E-state index in [0.29, 0.717) is 22.1 Å². The third kappa shape index (κ3) is 7.36. The number of pyridine rings is 1. The molecule has 7 nitrogen and oxygen atoms in total. The van der Waals surface area contributed by atoms with E-state index in [9.17, 15) is 9.59 Å². The molecule has 0 aliphatic heterocycles. The molecule has 1 N–H and O–H groups in total. The van der Waals surface area contributed by atoms with Crippen LogP contribution in [-0.4, -0.2) is 35.9 Å². The Labute approximate surface area is 233 Å². The molecule has 0 aliphatic rings. The van der Waals surface area contributed by atoms with Crippen molar-refractivity contribution >= 4 is 23.4 Å². The van der Waals surface area contributed by atoms with Crippen molar-refractivity contribution in [3.05, 3.63) is 125 Å². The fourth-order valence-corrected chi connectivity index (χ4v) is 4.39. The van der Waals surface area contributed by atoms with Crippen LogP contribution >= 0.6 is 11.6 Å². The number of nitrogens with zero attached hydrogens (tertiary/aromatic N) is 2. The Morgan fingerprint density at radius 3 is 2.23 bits per heavy atom. The summed E-state index contributed by atoms with van der Waals surface area (Å²) in [6, 6.07) is 26.5. The van der Waals surface area contributed by atoms with E-state index < -0.39 is 6.04 Å². The number of aromatic nitrogens is 1. The molecule has 3 aromatic carbocycles. The Morgan fingerprint density at radius 2 is 1.56 bits per heavy atom. The molecular weight excluding hydrogens is 514 g/mol. The van der Waals surface area contributed by atoms with Gasteiger partial charge in [-0.1, -0.05) is 66.2 Å². The zero-order valence-corrected chi connectivity index (χ0v) is 22.6. The number of hydrogen-bond donors (Lipinski definition) is 1. The van der Waals surface area contributed by atoms with Crippen LogP contribution in [0.4, 0.5) is 0 Å². The average molecular weight is 544 g/mol. The molecule has 0 spiro atoms. The van der Waals surface area contributed by atoms with Crippen molar-refractivity contribution < 1.29 is 19.1 Å². The highest BCUT2D eigenvalue weighted by molar-refractivity contribution is 6.30. The predicted octanol–water partition coefficient (Wildman–Crippen LogP) is 5.38. The molecule has 4 aromatic rings. The number of benzene rings is 3. The molecule has 39 heavy (non-hydrogen) atoms. The summed E-state index contributed by atoms with van der Waals surface area (Å²) in [6.07, 6.45) is 1.74. The molecule has 200 valence electrons. The predicted molar refractivity (Wildman–Crippen MR) is 151 cm³/mol. The van der Waals surface area contributed by atoms with Gasteiger partial charge in [0.1, 0.15) is 6.04 Å². The molecule has 1 aromatic heterocycles. The largest absolute Gasteiger partial charge is 0.493 e. The van der Waals surface area contributed by atoms with Crippen LogP contribution in [0.1, 0.15) is 28.4 Å². The van der Waals surface area contributed by atoms with E-state index in [1.54, 1.807) is 49.6 Å². The van der Waals surface area contributed by atoms with E-state index in [2.05, 4.69) is 10.3 Å². The van der Waals surface area contributed by atoms with Crippen LogP contribution in [0.25, 0.3) is 0 Å². The van der Waals surface area contributed by atoms with Crippen LogP contribution in [0, 0.1) is 0 Å². The Bertz CT molecular complexity index is 1380. The fraction of sp³-hybridized carbons (Fsp3) is 0.194. The van der Waals surface area contributed by atoms with Crippen molar-refractivity contribution in [1.82, 2.24) is 15.2 Å². The standard InChI is InChI=1S/C31H30ClN3O4/c1-38-27-16-13-23(18-28(27)39-2)19-29(36)35(21-22-11-14-25(32)15-12-22)30(24-8-4-3-5-9-24)31(37)34-20-26-10-6-7-17-33-26/h3-18,30H,19-21H2,1-2H3,(H,34,37)/t30-/m0/s1. The minimum atomic E-state index is -0.877. The van der Waals surface area contributed by atoms with Crippen LogP contribution < -0.4 is 14.8 Å². The second kappa shape index (κ2) is 13.4. The maximum atomic E-state index is 14.0. The summed E-state index contributed by atoms with van der Waals surface area (Å²) in [4.78, 5) is 33.6. The zero-order chi connectivity index (χ0) is 27.6. The van der Waals surface area contributed by atoms with Gasteiger partial charge >= 0.3 is 0 Å². The maximum absolute atomic E-state index is 14.0. The summed E-state index contributed by atoms with van der Waals surface area (Å²) < 4.78 is 10.8. The Hall–Kier alpha value is -4.36. The van der Waals surface area contributed by atoms with E-state index in [1.807, 2.05) is 66.7 Å². The van der Waals surface area contributed by atoms with Gasteiger partial charge in [-0.05, 0) is 53.1 Å². The summed E-state index contributed by atoms with van der Waals surface area (Å²) in [6.45, 7) is 0.446. The first-order valence-corrected chi connectivity index (χ1v) is 12.8. The van der Waals surface area contributed by atoms with Gasteiger partial charge in [0.15, 0.2) is 11.5 Å². The topological polar surface area (TPSA) is 80.8 Å². The molecular formula is C31H30ClN3O4. The van der Waals surface area contributed by atoms with Gasteiger partial charge in [0.25, 0.3) is 0 Å². The second-order valence-corrected chi connectivity index (χ2v) is 9.30. The number of nitrogens with one attached hydrogen (secondary N) is 1. The lowest BCUT2D eigenvalue weighted by molar-refractivity contribution is -0.141. The third-order valence-electron chi connectivity index (χ3n) is 6.24. The number of carbonyl (C=O) groups is 2. The summed E-state index contributed by atoms with van der Waals surface area (Å²) in [5.74, 6) is 0.572. The highest BCUT2D eigenvalue weighted by Gasteiger charge is 2.31. The van der Waals surface area contributed by atoms with Gasteiger partial charge in [-0.3, -0.25) is 14.6 Å². The first-order valence-electron chi connectivity index (χ1n) is 12.5. The number of hydrogen-bond acceptors (Lipinski definition) is 5. The molecule has 2 amide bonds. The van der Waals surface area contributed by atoms with E-state index in [-0.39, 0.29) is 31.3 Å². The van der Waals surface area contributed by atoms with Crippen molar-refractivity contribution in [3.63, 3.8) is 0 Å². The Morgan fingerprint density at radius 1 is 0.872 bits per heavy atom. The smallest absolute Gasteiger partial charge is 0.247 e. The van der Waals surface area contributed by atoms with Crippen molar-refractivity contribution in [1.29, 1.82) is 0 Å². The van der Waals surface area contributed by atoms with E-state index >= 15 is 0 Å². The Kier molecular flexibility index (Phi) is 9.53. The number of carbonyl (C=O) groups excluding carboxylic acids is 2. The number of halogens is 1. The average Bonchev–Trinajstić information content (AvgIpc) is 2.97. The number of rotatable bonds is 11. The van der Waals surface area contributed by atoms with Gasteiger partial charge in [-0.2, -0.15) is 0 Å². The molecule has 8 heteroatoms. The van der Waals surface area contributed by atoms with Crippen LogP contribution in [0.15, 0.2) is 97.2 Å². The van der Waals surface area contributed by atoms with Crippen molar-refractivity contribution in [2.24, 2.45) is 0 Å². The van der Waals surface area contributed by atoms with Gasteiger partial charge in [0.2, 0.25) is 11.8 Å². The molecule has 0 fully saturated rings. The van der Waals surface area contributed by atoms with Crippen LogP contribution in [0.3, 0.4) is 0 Å². The molecule has 1 heterocycles. The van der Waals surface area contributed by atoms with E-state index in [1.165, 1.54) is 0 Å². The quantitative estimate of drug-likeness (QED) is 0.275. The molecule has 0 radical (unpaired) electrons. The number of ether oxygens (including phenoxy) is 2. The summed E-state index contributed by atoms with van der Waals surface area (Å²) >= 11 is 6.11. The lowest BCUT2D eigenvalue weighted by atomic mass is 10.0. The SMILES string of the molecule is COc1ccc(CC(=O)N(Cc2ccc(Cl)cc2)[C@H](C(=O)NCc2ccccn2)c2ccccc2)cc1OC. The lowest BCUT2D eigenvalue weighted by Crippen LogP contribution is -2.44. The first-order chi connectivity index (χ1) is 19.0. The molecule has 0 unspecified atom stereocenters. The van der Waals surface area contributed by atoms with Crippen LogP contribution in [-0.2, 0) is 29.1 Å². The highest BCUT2D eigenvalue weighted by atomic mass is 35.5. The molecule has 0 saturated heterocycles. The van der Waals surface area contributed by atoms with Gasteiger partial charge in [0.05, 0.1) is 32.9 Å². The number of methoxy groups -OCH3 is 2. The minimum absolute atomic E-state index is 0.0603. The molecule has 0 bridgehead atoms. The normalized spacial score (nSPS) is 11.4. The fourth-order valence-electron chi connectivity index (χ4n) is 4.26. The maximum Gasteiger partial charge on any atom is 0.247 e. The Balaban J connectivity index is 1.68. The van der Waals surface area contributed by atoms with Crippen molar-refractivity contribution in [2.75, 3.05) is 14.2 Å². The minimum Gasteiger partial charge on any atom is -0.493 e. The number of amides is 2. The third-order valence-corrected chi connectivity index (χ3v) is 6.49. The van der Waals surface area contributed by atoms with Gasteiger partial charge in [-0.25, -0.2) is 0 Å². The van der Waals surface area contributed by atoms with Crippen LogP contribution in [0.2, 0.25) is 5.02 Å². The molecule has 0 saturated carbocycles. The van der Waals surface area contributed by atoms with Crippen LogP contribution in [0.5, 0.6) is 11.5 Å². The van der Waals surface area contributed by atoms with E-state index in [4.69, 9.17) is 21.1 Å². The molecule has 4 rings (SSSR count). The zero-order valence-electron chi connectivity index (χ0n) is 21.8. The summed E-state index contributed by atoms with van der Waals surface area (Å²) in [7, 11) is 3.11. The second-order valence-electron chi connectivity index (χ2n) is 8.87. The van der Waals surface area contributed by atoms with Gasteiger partial charge < -0.3 is 19.7 Å².